The Morgan fingerprint density at radius 3 is 2.43 bits per heavy atom. The lowest BCUT2D eigenvalue weighted by Gasteiger charge is -1.93. The number of benzene rings is 1. The number of halogens is 3. The summed E-state index contributed by atoms with van der Waals surface area (Å²) in [7, 11) is 0. The lowest BCUT2D eigenvalue weighted by molar-refractivity contribution is -0.0785. The molecule has 1 nitrogen and oxygen atoms in total. The molecule has 0 bridgehead atoms. The topological polar surface area (TPSA) is 12.4 Å². The van der Waals surface area contributed by atoms with Crippen LogP contribution in [-0.4, -0.2) is 12.0 Å². The minimum Gasteiger partial charge on any atom is -0.238 e. The van der Waals surface area contributed by atoms with Crippen LogP contribution in [0.15, 0.2) is 41.4 Å². The molecule has 0 atom stereocenters. The summed E-state index contributed by atoms with van der Waals surface area (Å²) in [5.74, 6) is 1.85. The molecule has 1 aromatic carbocycles. The van der Waals surface area contributed by atoms with Crippen LogP contribution in [0, 0.1) is 0 Å². The Bertz CT molecular complexity index is 334. The molecule has 0 saturated carbocycles. The van der Waals surface area contributed by atoms with Gasteiger partial charge in [0.05, 0.1) is 12.6 Å². The fraction of sp³-hybridized carbons (Fsp3) is 0.200. The molecule has 0 fully saturated rings. The van der Waals surface area contributed by atoms with Crippen LogP contribution < -0.4 is 0 Å². The van der Waals surface area contributed by atoms with Crippen molar-refractivity contribution in [3.8, 4) is 0 Å². The highest BCUT2D eigenvalue weighted by molar-refractivity contribution is 5.52. The predicted octanol–water partition coefficient (Wildman–Crippen LogP) is 2.97. The second-order valence-electron chi connectivity index (χ2n) is 2.62. The lowest BCUT2D eigenvalue weighted by atomic mass is 10.2. The van der Waals surface area contributed by atoms with Crippen LogP contribution in [0.3, 0.4) is 0 Å². The van der Waals surface area contributed by atoms with Gasteiger partial charge in [0.15, 0.2) is 0 Å². The van der Waals surface area contributed by atoms with E-state index in [0.717, 1.165) is 5.56 Å². The van der Waals surface area contributed by atoms with Gasteiger partial charge in [-0.1, -0.05) is 30.3 Å². The van der Waals surface area contributed by atoms with Gasteiger partial charge in [0.1, 0.15) is 0 Å². The van der Waals surface area contributed by atoms with E-state index in [9.17, 15) is 13.2 Å². The predicted molar refractivity (Wildman–Crippen MR) is 48.2 cm³/mol. The number of hydrogen-bond donors (Lipinski definition) is 0. The number of rotatable bonds is 2. The van der Waals surface area contributed by atoms with Gasteiger partial charge in [-0.2, -0.15) is 13.2 Å². The Labute approximate surface area is 79.6 Å². The molecule has 0 radical (unpaired) electrons. The smallest absolute Gasteiger partial charge is 0.238 e. The van der Waals surface area contributed by atoms with Gasteiger partial charge in [-0.25, -0.2) is 4.99 Å². The lowest BCUT2D eigenvalue weighted by Crippen LogP contribution is -2.00. The van der Waals surface area contributed by atoms with Crippen molar-refractivity contribution >= 4 is 5.87 Å². The molecule has 0 N–H and O–H groups in total. The van der Waals surface area contributed by atoms with Crippen molar-refractivity contribution in [2.24, 2.45) is 4.99 Å². The fourth-order valence-electron chi connectivity index (χ4n) is 0.839. The van der Waals surface area contributed by atoms with E-state index >= 15 is 0 Å². The second-order valence-corrected chi connectivity index (χ2v) is 2.62. The van der Waals surface area contributed by atoms with Crippen molar-refractivity contribution in [3.05, 3.63) is 42.0 Å². The Kier molecular flexibility index (Phi) is 3.48. The van der Waals surface area contributed by atoms with E-state index in [2.05, 4.69) is 4.99 Å². The monoisotopic (exact) mass is 199 g/mol. The minimum absolute atomic E-state index is 0.00403. The molecule has 0 spiro atoms. The maximum absolute atomic E-state index is 11.6. The number of allylic oxidation sites excluding steroid dienone is 1. The van der Waals surface area contributed by atoms with Crippen LogP contribution in [0.5, 0.6) is 0 Å². The quantitative estimate of drug-likeness (QED) is 0.649. The van der Waals surface area contributed by atoms with E-state index in [1.54, 1.807) is 24.3 Å². The zero-order valence-electron chi connectivity index (χ0n) is 7.25. The summed E-state index contributed by atoms with van der Waals surface area (Å²) in [6.45, 7) is 0.216. The number of alkyl halides is 3. The molecule has 0 aliphatic heterocycles. The maximum Gasteiger partial charge on any atom is 0.418 e. The summed E-state index contributed by atoms with van der Waals surface area (Å²) in [4.78, 5) is 3.50. The van der Waals surface area contributed by atoms with E-state index in [1.165, 1.54) is 0 Å². The third-order valence-electron chi connectivity index (χ3n) is 1.42. The molecule has 14 heavy (non-hydrogen) atoms. The zero-order valence-corrected chi connectivity index (χ0v) is 7.25. The molecule has 74 valence electrons. The molecular formula is C10H8F3N. The van der Waals surface area contributed by atoms with Gasteiger partial charge >= 0.3 is 6.18 Å². The van der Waals surface area contributed by atoms with Crippen molar-refractivity contribution in [1.82, 2.24) is 0 Å². The van der Waals surface area contributed by atoms with E-state index in [-0.39, 0.29) is 12.6 Å². The van der Waals surface area contributed by atoms with Crippen LogP contribution in [0.4, 0.5) is 13.2 Å². The van der Waals surface area contributed by atoms with Crippen molar-refractivity contribution in [2.45, 2.75) is 12.7 Å². The van der Waals surface area contributed by atoms with E-state index < -0.39 is 6.18 Å². The van der Waals surface area contributed by atoms with E-state index in [4.69, 9.17) is 0 Å². The largest absolute Gasteiger partial charge is 0.418 e. The highest BCUT2D eigenvalue weighted by Gasteiger charge is 2.22. The Hall–Kier alpha value is -1.54. The molecule has 0 saturated heterocycles. The molecule has 0 heterocycles. The van der Waals surface area contributed by atoms with Crippen molar-refractivity contribution in [3.63, 3.8) is 0 Å². The Morgan fingerprint density at radius 2 is 1.86 bits per heavy atom. The minimum atomic E-state index is -4.33. The van der Waals surface area contributed by atoms with Gasteiger partial charge < -0.3 is 0 Å². The normalized spacial score (nSPS) is 10.5. The third-order valence-corrected chi connectivity index (χ3v) is 1.42. The fourth-order valence-corrected chi connectivity index (χ4v) is 0.839. The first-order valence-corrected chi connectivity index (χ1v) is 3.95. The molecule has 1 rings (SSSR count). The molecule has 1 aromatic rings. The number of aliphatic imine (C=N–C) groups is 1. The van der Waals surface area contributed by atoms with Gasteiger partial charge in [-0.3, -0.25) is 0 Å². The SMILES string of the molecule is FC(F)(F)C=C=NCc1ccccc1. The average molecular weight is 199 g/mol. The zero-order chi connectivity index (χ0) is 10.4. The van der Waals surface area contributed by atoms with Crippen LogP contribution >= 0.6 is 0 Å². The van der Waals surface area contributed by atoms with Crippen LogP contribution in [-0.2, 0) is 6.54 Å². The molecule has 0 aliphatic rings. The summed E-state index contributed by atoms with van der Waals surface area (Å²) in [6, 6.07) is 9.02. The first kappa shape index (κ1) is 10.5. The first-order valence-electron chi connectivity index (χ1n) is 3.95. The van der Waals surface area contributed by atoms with Gasteiger partial charge in [0.25, 0.3) is 0 Å². The standard InChI is InChI=1S/C10H8F3N/c11-10(12,13)6-7-14-8-9-4-2-1-3-5-9/h1-6H,8H2. The number of hydrogen-bond acceptors (Lipinski definition) is 1. The summed E-state index contributed by atoms with van der Waals surface area (Å²) in [6.07, 6.45) is -4.34. The molecule has 0 unspecified atom stereocenters. The highest BCUT2D eigenvalue weighted by atomic mass is 19.4. The van der Waals surface area contributed by atoms with Crippen LogP contribution in [0.2, 0.25) is 0 Å². The van der Waals surface area contributed by atoms with Gasteiger partial charge in [-0.05, 0) is 11.4 Å². The first-order chi connectivity index (χ1) is 6.58. The van der Waals surface area contributed by atoms with Gasteiger partial charge in [0, 0.05) is 0 Å². The van der Waals surface area contributed by atoms with Crippen LogP contribution in [0.25, 0.3) is 0 Å². The summed E-state index contributed by atoms with van der Waals surface area (Å²) in [5.41, 5.74) is 0.857. The number of nitrogens with zero attached hydrogens (tertiary/aromatic N) is 1. The van der Waals surface area contributed by atoms with Crippen molar-refractivity contribution < 1.29 is 13.2 Å². The molecule has 0 aromatic heterocycles. The summed E-state index contributed by atoms with van der Waals surface area (Å²) >= 11 is 0. The molecule has 4 heteroatoms. The molecule has 0 aliphatic carbocycles. The Balaban J connectivity index is 2.53. The van der Waals surface area contributed by atoms with E-state index in [0.29, 0.717) is 0 Å². The molecular weight excluding hydrogens is 191 g/mol. The summed E-state index contributed by atoms with van der Waals surface area (Å²) in [5, 5.41) is 0. The van der Waals surface area contributed by atoms with Gasteiger partial charge in [-0.15, -0.1) is 0 Å². The van der Waals surface area contributed by atoms with E-state index in [1.807, 2.05) is 11.9 Å². The van der Waals surface area contributed by atoms with Gasteiger partial charge in [0.2, 0.25) is 0 Å². The molecule has 0 amide bonds. The second kappa shape index (κ2) is 4.63. The average Bonchev–Trinajstić information content (AvgIpc) is 2.13. The highest BCUT2D eigenvalue weighted by Crippen LogP contribution is 2.13. The van der Waals surface area contributed by atoms with Crippen molar-refractivity contribution in [1.29, 1.82) is 0 Å². The summed E-state index contributed by atoms with van der Waals surface area (Å²) < 4.78 is 34.8. The van der Waals surface area contributed by atoms with Crippen molar-refractivity contribution in [2.75, 3.05) is 0 Å². The Morgan fingerprint density at radius 1 is 1.21 bits per heavy atom. The maximum atomic E-state index is 11.6. The third kappa shape index (κ3) is 4.48. The van der Waals surface area contributed by atoms with Crippen LogP contribution in [0.1, 0.15) is 5.56 Å².